The number of imidazole rings is 1. The molecule has 0 aliphatic carbocycles. The Morgan fingerprint density at radius 2 is 2.16 bits per heavy atom. The van der Waals surface area contributed by atoms with Gasteiger partial charge in [0.2, 0.25) is 0 Å². The molecule has 2 heterocycles. The number of nitrogens with zero attached hydrogens (tertiary/aromatic N) is 3. The summed E-state index contributed by atoms with van der Waals surface area (Å²) in [6, 6.07) is 8.24. The number of thiazole rings is 1. The minimum atomic E-state index is 0.967. The van der Waals surface area contributed by atoms with Crippen molar-refractivity contribution >= 4 is 26.7 Å². The van der Waals surface area contributed by atoms with E-state index in [4.69, 9.17) is 0 Å². The SMILES string of the molecule is c1ccc2sc(NCCCCn3ccnc3)nc2c1. The molecule has 1 N–H and O–H groups in total. The first-order valence-corrected chi connectivity index (χ1v) is 7.29. The van der Waals surface area contributed by atoms with E-state index in [0.29, 0.717) is 0 Å². The zero-order valence-corrected chi connectivity index (χ0v) is 11.4. The second kappa shape index (κ2) is 5.84. The van der Waals surface area contributed by atoms with E-state index in [2.05, 4.69) is 38.1 Å². The molecule has 0 unspecified atom stereocenters. The van der Waals surface area contributed by atoms with E-state index in [-0.39, 0.29) is 0 Å². The van der Waals surface area contributed by atoms with Crippen molar-refractivity contribution in [1.29, 1.82) is 0 Å². The first-order valence-electron chi connectivity index (χ1n) is 6.47. The van der Waals surface area contributed by atoms with E-state index < -0.39 is 0 Å². The maximum Gasteiger partial charge on any atom is 0.183 e. The molecular formula is C14H16N4S. The maximum absolute atomic E-state index is 4.55. The lowest BCUT2D eigenvalue weighted by Gasteiger charge is -2.03. The van der Waals surface area contributed by atoms with Gasteiger partial charge in [-0.05, 0) is 25.0 Å². The molecule has 3 rings (SSSR count). The highest BCUT2D eigenvalue weighted by molar-refractivity contribution is 7.22. The second-order valence-electron chi connectivity index (χ2n) is 4.42. The van der Waals surface area contributed by atoms with Gasteiger partial charge in [0.1, 0.15) is 0 Å². The number of anilines is 1. The number of hydrogen-bond acceptors (Lipinski definition) is 4. The third-order valence-electron chi connectivity index (χ3n) is 2.97. The Morgan fingerprint density at radius 1 is 1.21 bits per heavy atom. The molecule has 0 saturated heterocycles. The van der Waals surface area contributed by atoms with E-state index in [1.54, 1.807) is 11.3 Å². The highest BCUT2D eigenvalue weighted by atomic mass is 32.1. The van der Waals surface area contributed by atoms with Gasteiger partial charge in [-0.15, -0.1) is 0 Å². The van der Waals surface area contributed by atoms with Crippen LogP contribution in [0.5, 0.6) is 0 Å². The summed E-state index contributed by atoms with van der Waals surface area (Å²) < 4.78 is 3.35. The van der Waals surface area contributed by atoms with Crippen molar-refractivity contribution in [1.82, 2.24) is 14.5 Å². The van der Waals surface area contributed by atoms with E-state index in [1.165, 1.54) is 4.70 Å². The largest absolute Gasteiger partial charge is 0.361 e. The topological polar surface area (TPSA) is 42.7 Å². The third kappa shape index (κ3) is 3.12. The zero-order chi connectivity index (χ0) is 12.9. The normalized spacial score (nSPS) is 10.9. The van der Waals surface area contributed by atoms with Gasteiger partial charge in [-0.3, -0.25) is 0 Å². The van der Waals surface area contributed by atoms with Crippen molar-refractivity contribution < 1.29 is 0 Å². The lowest BCUT2D eigenvalue weighted by Crippen LogP contribution is -2.03. The summed E-state index contributed by atoms with van der Waals surface area (Å²) in [5.41, 5.74) is 1.08. The van der Waals surface area contributed by atoms with Crippen molar-refractivity contribution in [2.75, 3.05) is 11.9 Å². The Labute approximate surface area is 116 Å². The molecule has 0 aliphatic rings. The number of hydrogen-bond donors (Lipinski definition) is 1. The van der Waals surface area contributed by atoms with Gasteiger partial charge in [-0.2, -0.15) is 0 Å². The Hall–Kier alpha value is -1.88. The van der Waals surface area contributed by atoms with Gasteiger partial charge in [0.25, 0.3) is 0 Å². The molecule has 0 spiro atoms. The molecule has 98 valence electrons. The van der Waals surface area contributed by atoms with E-state index in [1.807, 2.05) is 24.8 Å². The molecule has 0 saturated carbocycles. The zero-order valence-electron chi connectivity index (χ0n) is 10.6. The van der Waals surface area contributed by atoms with Crippen LogP contribution < -0.4 is 5.32 Å². The smallest absolute Gasteiger partial charge is 0.183 e. The van der Waals surface area contributed by atoms with Crippen LogP contribution in [0.4, 0.5) is 5.13 Å². The fourth-order valence-electron chi connectivity index (χ4n) is 1.98. The summed E-state index contributed by atoms with van der Waals surface area (Å²) in [5.74, 6) is 0. The van der Waals surface area contributed by atoms with Gasteiger partial charge in [-0.25, -0.2) is 9.97 Å². The van der Waals surface area contributed by atoms with E-state index in [0.717, 1.165) is 36.6 Å². The summed E-state index contributed by atoms with van der Waals surface area (Å²) in [5, 5.41) is 4.41. The summed E-state index contributed by atoms with van der Waals surface area (Å²) in [4.78, 5) is 8.58. The van der Waals surface area contributed by atoms with Gasteiger partial charge in [0.15, 0.2) is 5.13 Å². The van der Waals surface area contributed by atoms with E-state index in [9.17, 15) is 0 Å². The maximum atomic E-state index is 4.55. The molecule has 0 bridgehead atoms. The predicted octanol–water partition coefficient (Wildman–Crippen LogP) is 3.39. The minimum absolute atomic E-state index is 0.967. The Balaban J connectivity index is 1.44. The molecule has 5 heteroatoms. The van der Waals surface area contributed by atoms with Crippen LogP contribution in [0.2, 0.25) is 0 Å². The average Bonchev–Trinajstić information content (AvgIpc) is 3.06. The first kappa shape index (κ1) is 12.2. The molecule has 0 aliphatic heterocycles. The van der Waals surface area contributed by atoms with Gasteiger partial charge >= 0.3 is 0 Å². The molecule has 0 fully saturated rings. The summed E-state index contributed by atoms with van der Waals surface area (Å²) in [6.07, 6.45) is 7.96. The molecule has 3 aromatic rings. The molecule has 1 aromatic carbocycles. The van der Waals surface area contributed by atoms with E-state index >= 15 is 0 Å². The monoisotopic (exact) mass is 272 g/mol. The summed E-state index contributed by atoms with van der Waals surface area (Å²) in [6.45, 7) is 2.00. The Morgan fingerprint density at radius 3 is 3.00 bits per heavy atom. The molecule has 4 nitrogen and oxygen atoms in total. The number of para-hydroxylation sites is 1. The van der Waals surface area contributed by atoms with Crippen molar-refractivity contribution in [3.05, 3.63) is 43.0 Å². The quantitative estimate of drug-likeness (QED) is 0.699. The number of nitrogens with one attached hydrogen (secondary N) is 1. The van der Waals surface area contributed by atoms with Crippen LogP contribution in [0, 0.1) is 0 Å². The van der Waals surface area contributed by atoms with Gasteiger partial charge in [0, 0.05) is 25.5 Å². The van der Waals surface area contributed by atoms with Crippen molar-refractivity contribution in [2.24, 2.45) is 0 Å². The van der Waals surface area contributed by atoms with Gasteiger partial charge in [0.05, 0.1) is 16.5 Å². The van der Waals surface area contributed by atoms with Crippen LogP contribution in [0.3, 0.4) is 0 Å². The number of rotatable bonds is 6. The number of benzene rings is 1. The van der Waals surface area contributed by atoms with Gasteiger partial charge in [-0.1, -0.05) is 23.5 Å². The Kier molecular flexibility index (Phi) is 3.74. The molecule has 2 aromatic heterocycles. The predicted molar refractivity (Wildman–Crippen MR) is 79.6 cm³/mol. The number of fused-ring (bicyclic) bond motifs is 1. The molecule has 0 radical (unpaired) electrons. The average molecular weight is 272 g/mol. The van der Waals surface area contributed by atoms with Crippen LogP contribution in [-0.4, -0.2) is 21.1 Å². The standard InChI is InChI=1S/C14H16N4S/c1-2-6-13-12(5-1)17-14(19-13)16-7-3-4-9-18-10-8-15-11-18/h1-2,5-6,8,10-11H,3-4,7,9H2,(H,16,17). The minimum Gasteiger partial charge on any atom is -0.361 e. The molecule has 0 atom stereocenters. The van der Waals surface area contributed by atoms with Gasteiger partial charge < -0.3 is 9.88 Å². The van der Waals surface area contributed by atoms with Crippen LogP contribution in [0.1, 0.15) is 12.8 Å². The highest BCUT2D eigenvalue weighted by Gasteiger charge is 2.01. The Bertz CT molecular complexity index is 597. The fraction of sp³-hybridized carbons (Fsp3) is 0.286. The first-order chi connectivity index (χ1) is 9.42. The summed E-state index contributed by atoms with van der Waals surface area (Å²) >= 11 is 1.72. The molecule has 19 heavy (non-hydrogen) atoms. The molecule has 0 amide bonds. The lowest BCUT2D eigenvalue weighted by molar-refractivity contribution is 0.621. The van der Waals surface area contributed by atoms with Crippen LogP contribution >= 0.6 is 11.3 Å². The lowest BCUT2D eigenvalue weighted by atomic mass is 10.3. The number of aryl methyl sites for hydroxylation is 1. The van der Waals surface area contributed by atoms with Crippen LogP contribution in [0.15, 0.2) is 43.0 Å². The van der Waals surface area contributed by atoms with Crippen molar-refractivity contribution in [3.63, 3.8) is 0 Å². The van der Waals surface area contributed by atoms with Crippen LogP contribution in [-0.2, 0) is 6.54 Å². The summed E-state index contributed by atoms with van der Waals surface area (Å²) in [7, 11) is 0. The van der Waals surface area contributed by atoms with Crippen molar-refractivity contribution in [3.8, 4) is 0 Å². The number of unbranched alkanes of at least 4 members (excludes halogenated alkanes) is 1. The molecular weight excluding hydrogens is 256 g/mol. The van der Waals surface area contributed by atoms with Crippen LogP contribution in [0.25, 0.3) is 10.2 Å². The number of aromatic nitrogens is 3. The van der Waals surface area contributed by atoms with Crippen molar-refractivity contribution in [2.45, 2.75) is 19.4 Å². The fourth-order valence-corrected chi connectivity index (χ4v) is 2.87. The highest BCUT2D eigenvalue weighted by Crippen LogP contribution is 2.25. The third-order valence-corrected chi connectivity index (χ3v) is 3.97. The second-order valence-corrected chi connectivity index (χ2v) is 5.45.